The van der Waals surface area contributed by atoms with Gasteiger partial charge in [0.2, 0.25) is 0 Å². The summed E-state index contributed by atoms with van der Waals surface area (Å²) in [5.74, 6) is 4.61. The molecule has 90 valence electrons. The van der Waals surface area contributed by atoms with Gasteiger partial charge < -0.3 is 9.47 Å². The molecule has 0 aliphatic carbocycles. The third kappa shape index (κ3) is 3.86. The number of methoxy groups -OCH3 is 1. The van der Waals surface area contributed by atoms with Gasteiger partial charge in [0.15, 0.2) is 5.01 Å². The molecule has 1 unspecified atom stereocenters. The maximum atomic E-state index is 11.1. The first-order valence-electron chi connectivity index (χ1n) is 4.73. The lowest BCUT2D eigenvalue weighted by Gasteiger charge is -2.10. The van der Waals surface area contributed by atoms with E-state index >= 15 is 0 Å². The highest BCUT2D eigenvalue weighted by atomic mass is 32.1. The summed E-state index contributed by atoms with van der Waals surface area (Å²) in [5.41, 5.74) is 2.74. The van der Waals surface area contributed by atoms with Gasteiger partial charge >= 0.3 is 0 Å². The van der Waals surface area contributed by atoms with Crippen molar-refractivity contribution in [2.45, 2.75) is 19.6 Å². The number of amides is 1. The van der Waals surface area contributed by atoms with Crippen molar-refractivity contribution in [2.75, 3.05) is 13.7 Å². The fourth-order valence-corrected chi connectivity index (χ4v) is 1.75. The summed E-state index contributed by atoms with van der Waals surface area (Å²) in [4.78, 5) is 15.2. The fourth-order valence-electron chi connectivity index (χ4n) is 1.05. The van der Waals surface area contributed by atoms with E-state index in [4.69, 9.17) is 15.3 Å². The van der Waals surface area contributed by atoms with Gasteiger partial charge in [0, 0.05) is 12.5 Å². The molecule has 0 aromatic carbocycles. The van der Waals surface area contributed by atoms with Crippen molar-refractivity contribution >= 4 is 17.2 Å². The summed E-state index contributed by atoms with van der Waals surface area (Å²) in [7, 11) is 1.62. The third-order valence-corrected chi connectivity index (χ3v) is 2.68. The smallest absolute Gasteiger partial charge is 0.294 e. The Morgan fingerprint density at radius 1 is 1.75 bits per heavy atom. The molecule has 6 nitrogen and oxygen atoms in total. The van der Waals surface area contributed by atoms with Crippen LogP contribution in [0.25, 0.3) is 0 Å². The van der Waals surface area contributed by atoms with E-state index in [9.17, 15) is 4.79 Å². The predicted octanol–water partition coefficient (Wildman–Crippen LogP) is 0.298. The van der Waals surface area contributed by atoms with Crippen LogP contribution in [0.5, 0.6) is 0 Å². The van der Waals surface area contributed by atoms with Gasteiger partial charge in [-0.25, -0.2) is 10.8 Å². The van der Waals surface area contributed by atoms with Crippen LogP contribution in [0.3, 0.4) is 0 Å². The first kappa shape index (κ1) is 13.0. The van der Waals surface area contributed by atoms with Crippen LogP contribution in [0.15, 0.2) is 5.38 Å². The number of thiazole rings is 1. The number of aromatic nitrogens is 1. The maximum absolute atomic E-state index is 11.1. The first-order chi connectivity index (χ1) is 7.67. The first-order valence-corrected chi connectivity index (χ1v) is 5.61. The Labute approximate surface area is 97.7 Å². The molecule has 0 aliphatic rings. The van der Waals surface area contributed by atoms with Crippen LogP contribution in [0.1, 0.15) is 22.4 Å². The van der Waals surface area contributed by atoms with Crippen LogP contribution < -0.4 is 11.3 Å². The van der Waals surface area contributed by atoms with Gasteiger partial charge in [-0.15, -0.1) is 11.3 Å². The van der Waals surface area contributed by atoms with E-state index in [0.717, 1.165) is 0 Å². The van der Waals surface area contributed by atoms with E-state index < -0.39 is 0 Å². The standard InChI is InChI=1S/C9H15N3O3S/c1-6(3-14-2)15-4-7-5-16-9(11-7)8(13)12-10/h5-6H,3-4,10H2,1-2H3,(H,12,13). The molecule has 1 aromatic heterocycles. The molecule has 0 spiro atoms. The van der Waals surface area contributed by atoms with Gasteiger partial charge in [-0.05, 0) is 6.92 Å². The third-order valence-electron chi connectivity index (χ3n) is 1.79. The monoisotopic (exact) mass is 245 g/mol. The molecule has 0 aliphatic heterocycles. The average molecular weight is 245 g/mol. The zero-order valence-corrected chi connectivity index (χ0v) is 10.0. The number of carbonyl (C=O) groups excluding carboxylic acids is 1. The lowest BCUT2D eigenvalue weighted by Crippen LogP contribution is -2.29. The van der Waals surface area contributed by atoms with Crippen molar-refractivity contribution in [3.05, 3.63) is 16.1 Å². The van der Waals surface area contributed by atoms with Crippen molar-refractivity contribution in [1.29, 1.82) is 0 Å². The highest BCUT2D eigenvalue weighted by molar-refractivity contribution is 7.11. The molecular formula is C9H15N3O3S. The van der Waals surface area contributed by atoms with Gasteiger partial charge in [0.05, 0.1) is 25.0 Å². The number of nitrogens with zero attached hydrogens (tertiary/aromatic N) is 1. The molecule has 0 radical (unpaired) electrons. The maximum Gasteiger partial charge on any atom is 0.294 e. The number of hydrazine groups is 1. The zero-order chi connectivity index (χ0) is 12.0. The Hall–Kier alpha value is -1.02. The molecule has 0 saturated carbocycles. The number of carbonyl (C=O) groups is 1. The van der Waals surface area contributed by atoms with Crippen LogP contribution in [-0.2, 0) is 16.1 Å². The van der Waals surface area contributed by atoms with E-state index in [2.05, 4.69) is 4.98 Å². The van der Waals surface area contributed by atoms with Crippen molar-refractivity contribution in [2.24, 2.45) is 5.84 Å². The summed E-state index contributed by atoms with van der Waals surface area (Å²) in [6.45, 7) is 2.79. The number of nitrogens with one attached hydrogen (secondary N) is 1. The SMILES string of the molecule is COCC(C)OCc1csc(C(=O)NN)n1. The Bertz CT molecular complexity index is 342. The van der Waals surface area contributed by atoms with Gasteiger partial charge in [-0.1, -0.05) is 0 Å². The highest BCUT2D eigenvalue weighted by Gasteiger charge is 2.10. The molecular weight excluding hydrogens is 230 g/mol. The topological polar surface area (TPSA) is 86.5 Å². The Morgan fingerprint density at radius 3 is 3.12 bits per heavy atom. The lowest BCUT2D eigenvalue weighted by molar-refractivity contribution is -0.00122. The van der Waals surface area contributed by atoms with Crippen molar-refractivity contribution in [3.63, 3.8) is 0 Å². The second-order valence-corrected chi connectivity index (χ2v) is 4.05. The fraction of sp³-hybridized carbons (Fsp3) is 0.556. The van der Waals surface area contributed by atoms with Crippen molar-refractivity contribution in [3.8, 4) is 0 Å². The minimum Gasteiger partial charge on any atom is -0.382 e. The van der Waals surface area contributed by atoms with Crippen molar-refractivity contribution in [1.82, 2.24) is 10.4 Å². The Kier molecular flexibility index (Phi) is 5.33. The number of nitrogens with two attached hydrogens (primary N) is 1. The number of rotatable bonds is 6. The zero-order valence-electron chi connectivity index (χ0n) is 9.23. The lowest BCUT2D eigenvalue weighted by atomic mass is 10.4. The predicted molar refractivity (Wildman–Crippen MR) is 59.9 cm³/mol. The molecule has 1 heterocycles. The highest BCUT2D eigenvalue weighted by Crippen LogP contribution is 2.11. The van der Waals surface area contributed by atoms with Crippen LogP contribution >= 0.6 is 11.3 Å². The molecule has 3 N–H and O–H groups in total. The van der Waals surface area contributed by atoms with Crippen LogP contribution in [-0.4, -0.2) is 30.7 Å². The quantitative estimate of drug-likeness (QED) is 0.427. The van der Waals surface area contributed by atoms with Crippen LogP contribution in [0, 0.1) is 0 Å². The van der Waals surface area contributed by atoms with Gasteiger partial charge in [-0.3, -0.25) is 10.2 Å². The second-order valence-electron chi connectivity index (χ2n) is 3.19. The van der Waals surface area contributed by atoms with Crippen LogP contribution in [0.4, 0.5) is 0 Å². The van der Waals surface area contributed by atoms with Gasteiger partial charge in [-0.2, -0.15) is 0 Å². The second kappa shape index (κ2) is 6.54. The molecule has 0 saturated heterocycles. The normalized spacial score (nSPS) is 12.4. The molecule has 1 atom stereocenters. The molecule has 16 heavy (non-hydrogen) atoms. The molecule has 0 fully saturated rings. The number of hydrogen-bond donors (Lipinski definition) is 2. The van der Waals surface area contributed by atoms with E-state index in [1.165, 1.54) is 11.3 Å². The molecule has 0 bridgehead atoms. The summed E-state index contributed by atoms with van der Waals surface area (Å²) in [5, 5.41) is 2.10. The van der Waals surface area contributed by atoms with Gasteiger partial charge in [0.1, 0.15) is 0 Å². The minimum absolute atomic E-state index is 0.00140. The summed E-state index contributed by atoms with van der Waals surface area (Å²) >= 11 is 1.23. The average Bonchev–Trinajstić information content (AvgIpc) is 2.74. The Balaban J connectivity index is 2.43. The molecule has 1 aromatic rings. The molecule has 1 amide bonds. The van der Waals surface area contributed by atoms with E-state index in [1.807, 2.05) is 12.3 Å². The van der Waals surface area contributed by atoms with E-state index in [1.54, 1.807) is 12.5 Å². The number of nitrogen functional groups attached to an aromatic ring is 1. The van der Waals surface area contributed by atoms with Gasteiger partial charge in [0.25, 0.3) is 5.91 Å². The summed E-state index contributed by atoms with van der Waals surface area (Å²) < 4.78 is 10.4. The number of hydrogen-bond acceptors (Lipinski definition) is 6. The largest absolute Gasteiger partial charge is 0.382 e. The summed E-state index contributed by atoms with van der Waals surface area (Å²) in [6.07, 6.45) is -0.00140. The van der Waals surface area contributed by atoms with E-state index in [-0.39, 0.29) is 12.0 Å². The number of ether oxygens (including phenoxy) is 2. The summed E-state index contributed by atoms with van der Waals surface area (Å²) in [6, 6.07) is 0. The Morgan fingerprint density at radius 2 is 2.50 bits per heavy atom. The molecule has 7 heteroatoms. The van der Waals surface area contributed by atoms with E-state index in [0.29, 0.717) is 23.9 Å². The minimum atomic E-state index is -0.388. The van der Waals surface area contributed by atoms with Crippen LogP contribution in [0.2, 0.25) is 0 Å². The molecule has 1 rings (SSSR count). The van der Waals surface area contributed by atoms with Crippen molar-refractivity contribution < 1.29 is 14.3 Å².